The van der Waals surface area contributed by atoms with Crippen molar-refractivity contribution in [1.29, 1.82) is 0 Å². The lowest BCUT2D eigenvalue weighted by atomic mass is 9.67. The minimum Gasteiger partial charge on any atom is -0.208 e. The lowest BCUT2D eigenvalue weighted by Gasteiger charge is -2.34. The van der Waals surface area contributed by atoms with E-state index in [1.54, 1.807) is 0 Å². The van der Waals surface area contributed by atoms with Crippen molar-refractivity contribution in [1.82, 2.24) is 15.0 Å². The second-order valence-electron chi connectivity index (χ2n) is 14.3. The van der Waals surface area contributed by atoms with E-state index in [0.29, 0.717) is 17.5 Å². The van der Waals surface area contributed by atoms with Crippen LogP contribution < -0.4 is 0 Å². The average Bonchev–Trinajstić information content (AvgIpc) is 3.81. The van der Waals surface area contributed by atoms with Gasteiger partial charge in [-0.3, -0.25) is 0 Å². The van der Waals surface area contributed by atoms with Crippen LogP contribution in [-0.4, -0.2) is 15.0 Å². The van der Waals surface area contributed by atoms with Gasteiger partial charge in [-0.1, -0.05) is 182 Å². The van der Waals surface area contributed by atoms with Crippen LogP contribution in [0.5, 0.6) is 0 Å². The van der Waals surface area contributed by atoms with Gasteiger partial charge in [-0.05, 0) is 62.7 Å². The normalized spacial score (nSPS) is 12.8. The van der Waals surface area contributed by atoms with Gasteiger partial charge in [0, 0.05) is 36.9 Å². The average molecular weight is 732 g/mol. The summed E-state index contributed by atoms with van der Waals surface area (Å²) in [4.78, 5) is 14.8. The molecule has 0 saturated heterocycles. The molecule has 2 heterocycles. The van der Waals surface area contributed by atoms with Crippen molar-refractivity contribution >= 4 is 31.5 Å². The van der Waals surface area contributed by atoms with Crippen molar-refractivity contribution in [3.8, 4) is 56.4 Å². The highest BCUT2D eigenvalue weighted by Crippen LogP contribution is 2.56. The topological polar surface area (TPSA) is 38.7 Å². The molecule has 0 bridgehead atoms. The van der Waals surface area contributed by atoms with Crippen molar-refractivity contribution in [3.05, 3.63) is 222 Å². The third-order valence-corrected chi connectivity index (χ3v) is 12.4. The molecule has 0 unspecified atom stereocenters. The second kappa shape index (κ2) is 13.1. The highest BCUT2D eigenvalue weighted by molar-refractivity contribution is 7.25. The van der Waals surface area contributed by atoms with Gasteiger partial charge in [0.1, 0.15) is 0 Å². The van der Waals surface area contributed by atoms with Crippen molar-refractivity contribution in [3.63, 3.8) is 0 Å². The molecule has 1 aliphatic carbocycles. The lowest BCUT2D eigenvalue weighted by Crippen LogP contribution is -2.28. The fourth-order valence-corrected chi connectivity index (χ4v) is 9.86. The molecular weight excluding hydrogens is 699 g/mol. The fourth-order valence-electron chi connectivity index (χ4n) is 8.75. The van der Waals surface area contributed by atoms with E-state index in [9.17, 15) is 0 Å². The first-order chi connectivity index (χ1) is 27.8. The summed E-state index contributed by atoms with van der Waals surface area (Å²) in [6, 6.07) is 71.7. The first-order valence-corrected chi connectivity index (χ1v) is 19.8. The number of aromatic nitrogens is 3. The number of fused-ring (bicyclic) bond motifs is 6. The molecule has 262 valence electrons. The van der Waals surface area contributed by atoms with Gasteiger partial charge in [-0.25, -0.2) is 15.0 Å². The Morgan fingerprint density at radius 2 is 0.821 bits per heavy atom. The van der Waals surface area contributed by atoms with Gasteiger partial charge in [0.05, 0.1) is 5.41 Å². The largest absolute Gasteiger partial charge is 0.208 e. The quantitative estimate of drug-likeness (QED) is 0.171. The molecule has 0 atom stereocenters. The van der Waals surface area contributed by atoms with Crippen molar-refractivity contribution in [2.24, 2.45) is 0 Å². The van der Waals surface area contributed by atoms with Crippen molar-refractivity contribution < 1.29 is 0 Å². The van der Waals surface area contributed by atoms with Crippen LogP contribution in [0.25, 0.3) is 76.6 Å². The van der Waals surface area contributed by atoms with E-state index < -0.39 is 5.41 Å². The standard InChI is InChI=1S/C52H33N3S/c1-4-15-35(16-5-1)49-53-50(36-17-6-2-7-18-36)55-51(54-49)37-29-27-34(28-30-37)40-23-14-26-47-48(40)43-33-39(31-32-46(43)56-47)52(38-19-8-3-9-20-38)44-24-12-10-21-41(44)42-22-11-13-25-45(42)52/h1-33H. The molecule has 0 aliphatic heterocycles. The maximum Gasteiger partial charge on any atom is 0.164 e. The van der Waals surface area contributed by atoms with E-state index in [1.807, 2.05) is 72.0 Å². The molecular formula is C52H33N3S. The summed E-state index contributed by atoms with van der Waals surface area (Å²) in [7, 11) is 0. The Kier molecular flexibility index (Phi) is 7.58. The molecule has 10 aromatic rings. The smallest absolute Gasteiger partial charge is 0.164 e. The van der Waals surface area contributed by atoms with Gasteiger partial charge in [-0.15, -0.1) is 11.3 Å². The van der Waals surface area contributed by atoms with Crippen LogP contribution in [0, 0.1) is 0 Å². The predicted octanol–water partition coefficient (Wildman–Crippen LogP) is 13.3. The Bertz CT molecular complexity index is 2960. The summed E-state index contributed by atoms with van der Waals surface area (Å²) in [6.07, 6.45) is 0. The summed E-state index contributed by atoms with van der Waals surface area (Å²) in [5, 5.41) is 2.56. The van der Waals surface area contributed by atoms with E-state index in [4.69, 9.17) is 15.0 Å². The molecule has 2 aromatic heterocycles. The molecule has 0 amide bonds. The zero-order chi connectivity index (χ0) is 37.1. The molecule has 0 fully saturated rings. The molecule has 0 spiro atoms. The number of hydrogen-bond acceptors (Lipinski definition) is 4. The molecule has 0 radical (unpaired) electrons. The van der Waals surface area contributed by atoms with Gasteiger partial charge >= 0.3 is 0 Å². The van der Waals surface area contributed by atoms with E-state index in [1.165, 1.54) is 59.1 Å². The molecule has 1 aliphatic rings. The minimum absolute atomic E-state index is 0.449. The number of nitrogens with zero attached hydrogens (tertiary/aromatic N) is 3. The van der Waals surface area contributed by atoms with Crippen LogP contribution in [0.4, 0.5) is 0 Å². The van der Waals surface area contributed by atoms with E-state index >= 15 is 0 Å². The van der Waals surface area contributed by atoms with Gasteiger partial charge in [0.25, 0.3) is 0 Å². The highest BCUT2D eigenvalue weighted by Gasteiger charge is 2.46. The van der Waals surface area contributed by atoms with E-state index in [0.717, 1.165) is 22.3 Å². The summed E-state index contributed by atoms with van der Waals surface area (Å²) in [5.74, 6) is 1.96. The first-order valence-electron chi connectivity index (χ1n) is 18.9. The van der Waals surface area contributed by atoms with Crippen LogP contribution in [-0.2, 0) is 5.41 Å². The third kappa shape index (κ3) is 5.07. The molecule has 4 heteroatoms. The van der Waals surface area contributed by atoms with Gasteiger partial charge < -0.3 is 0 Å². The number of thiophene rings is 1. The molecule has 56 heavy (non-hydrogen) atoms. The molecule has 11 rings (SSSR count). The van der Waals surface area contributed by atoms with Crippen LogP contribution >= 0.6 is 11.3 Å². The maximum atomic E-state index is 4.97. The SMILES string of the molecule is c1ccc(-c2nc(-c3ccccc3)nc(-c3ccc(-c4cccc5sc6ccc(C7(c8ccccc8)c8ccccc8-c8ccccc87)cc6c45)cc3)n2)cc1. The van der Waals surface area contributed by atoms with Crippen LogP contribution in [0.1, 0.15) is 22.3 Å². The third-order valence-electron chi connectivity index (χ3n) is 11.2. The molecule has 0 N–H and O–H groups in total. The minimum atomic E-state index is -0.449. The molecule has 8 aromatic carbocycles. The van der Waals surface area contributed by atoms with Crippen molar-refractivity contribution in [2.75, 3.05) is 0 Å². The van der Waals surface area contributed by atoms with Gasteiger partial charge in [-0.2, -0.15) is 0 Å². The first kappa shape index (κ1) is 32.4. The highest BCUT2D eigenvalue weighted by atomic mass is 32.1. The Balaban J connectivity index is 1.07. The lowest BCUT2D eigenvalue weighted by molar-refractivity contribution is 0.770. The Hall–Kier alpha value is -7.01. The summed E-state index contributed by atoms with van der Waals surface area (Å²) in [5.41, 5.74) is 12.6. The fraction of sp³-hybridized carbons (Fsp3) is 0.0192. The number of benzene rings is 8. The summed E-state index contributed by atoms with van der Waals surface area (Å²) in [6.45, 7) is 0. The summed E-state index contributed by atoms with van der Waals surface area (Å²) >= 11 is 1.86. The van der Waals surface area contributed by atoms with E-state index in [2.05, 4.69) is 140 Å². The van der Waals surface area contributed by atoms with Gasteiger partial charge in [0.15, 0.2) is 17.5 Å². The maximum absolute atomic E-state index is 4.97. The summed E-state index contributed by atoms with van der Waals surface area (Å²) < 4.78 is 2.56. The van der Waals surface area contributed by atoms with E-state index in [-0.39, 0.29) is 0 Å². The van der Waals surface area contributed by atoms with Gasteiger partial charge in [0.2, 0.25) is 0 Å². The predicted molar refractivity (Wildman–Crippen MR) is 232 cm³/mol. The Morgan fingerprint density at radius 3 is 1.41 bits per heavy atom. The van der Waals surface area contributed by atoms with Crippen molar-refractivity contribution in [2.45, 2.75) is 5.41 Å². The van der Waals surface area contributed by atoms with Crippen LogP contribution in [0.2, 0.25) is 0 Å². The van der Waals surface area contributed by atoms with Crippen LogP contribution in [0.15, 0.2) is 200 Å². The number of hydrogen-bond donors (Lipinski definition) is 0. The molecule has 3 nitrogen and oxygen atoms in total. The monoisotopic (exact) mass is 731 g/mol. The Labute approximate surface area is 329 Å². The Morgan fingerprint density at radius 1 is 0.339 bits per heavy atom. The van der Waals surface area contributed by atoms with Crippen LogP contribution in [0.3, 0.4) is 0 Å². The number of rotatable bonds is 6. The second-order valence-corrected chi connectivity index (χ2v) is 15.4. The zero-order valence-electron chi connectivity index (χ0n) is 30.3. The molecule has 0 saturated carbocycles. The zero-order valence-corrected chi connectivity index (χ0v) is 31.1.